The number of hydrogen-bond acceptors (Lipinski definition) is 2. The van der Waals surface area contributed by atoms with E-state index in [1.165, 1.54) is 18.2 Å². The molecule has 1 aromatic carbocycles. The zero-order valence-electron chi connectivity index (χ0n) is 9.28. The van der Waals surface area contributed by atoms with Crippen LogP contribution >= 0.6 is 0 Å². The molecule has 1 fully saturated rings. The van der Waals surface area contributed by atoms with Gasteiger partial charge in [0.2, 0.25) is 0 Å². The van der Waals surface area contributed by atoms with Gasteiger partial charge >= 0.3 is 5.97 Å². The van der Waals surface area contributed by atoms with E-state index in [0.717, 1.165) is 18.9 Å². The maximum Gasteiger partial charge on any atom is 0.317 e. The Morgan fingerprint density at radius 2 is 1.88 bits per heavy atom. The molecule has 0 radical (unpaired) electrons. The van der Waals surface area contributed by atoms with E-state index in [2.05, 4.69) is 0 Å². The molecule has 2 rings (SSSR count). The van der Waals surface area contributed by atoms with Crippen LogP contribution in [0, 0.1) is 11.2 Å². The van der Waals surface area contributed by atoms with Gasteiger partial charge in [0.15, 0.2) is 5.78 Å². The summed E-state index contributed by atoms with van der Waals surface area (Å²) in [5.41, 5.74) is -1.19. The van der Waals surface area contributed by atoms with Crippen molar-refractivity contribution in [2.75, 3.05) is 0 Å². The summed E-state index contributed by atoms with van der Waals surface area (Å²) < 4.78 is 13.0. The molecule has 1 aliphatic rings. The highest BCUT2D eigenvalue weighted by Crippen LogP contribution is 2.41. The van der Waals surface area contributed by atoms with Crippen molar-refractivity contribution < 1.29 is 19.1 Å². The second-order valence-corrected chi connectivity index (χ2v) is 4.43. The highest BCUT2D eigenvalue weighted by molar-refractivity contribution is 6.12. The lowest BCUT2D eigenvalue weighted by molar-refractivity contribution is -0.145. The van der Waals surface area contributed by atoms with Crippen LogP contribution < -0.4 is 0 Å². The smallest absolute Gasteiger partial charge is 0.317 e. The number of ketones is 1. The first kappa shape index (κ1) is 11.8. The number of rotatable bonds is 3. The highest BCUT2D eigenvalue weighted by Gasteiger charge is 2.48. The predicted molar refractivity (Wildman–Crippen MR) is 59.3 cm³/mol. The molecule has 0 amide bonds. The minimum atomic E-state index is -1.34. The predicted octanol–water partition coefficient (Wildman–Crippen LogP) is 2.65. The van der Waals surface area contributed by atoms with Crippen LogP contribution in [-0.2, 0) is 4.79 Å². The number of Topliss-reactive ketones (excluding diaryl/α,β-unsaturated/α-hetero) is 1. The number of carboxylic acid groups (broad SMARTS) is 1. The Labute approximate surface area is 98.3 Å². The molecular weight excluding hydrogens is 223 g/mol. The fraction of sp³-hybridized carbons (Fsp3) is 0.385. The first-order valence-electron chi connectivity index (χ1n) is 5.60. The Bertz CT molecular complexity index is 461. The monoisotopic (exact) mass is 236 g/mol. The van der Waals surface area contributed by atoms with Crippen LogP contribution in [0.1, 0.15) is 36.0 Å². The molecule has 0 heterocycles. The lowest BCUT2D eigenvalue weighted by Gasteiger charge is -2.21. The third-order valence-corrected chi connectivity index (χ3v) is 3.39. The molecule has 1 aliphatic carbocycles. The Balaban J connectivity index is 2.38. The maximum absolute atomic E-state index is 13.0. The van der Waals surface area contributed by atoms with E-state index in [1.807, 2.05) is 0 Å². The Kier molecular flexibility index (Phi) is 2.96. The summed E-state index contributed by atoms with van der Waals surface area (Å²) in [6.07, 6.45) is 2.15. The SMILES string of the molecule is O=C(O)C1(C(=O)c2cccc(F)c2)CCCC1. The topological polar surface area (TPSA) is 54.4 Å². The number of halogens is 1. The van der Waals surface area contributed by atoms with Gasteiger partial charge in [-0.3, -0.25) is 9.59 Å². The minimum Gasteiger partial charge on any atom is -0.480 e. The summed E-state index contributed by atoms with van der Waals surface area (Å²) in [6.45, 7) is 0. The molecule has 0 spiro atoms. The molecule has 3 nitrogen and oxygen atoms in total. The van der Waals surface area contributed by atoms with E-state index < -0.39 is 23.0 Å². The van der Waals surface area contributed by atoms with E-state index in [1.54, 1.807) is 0 Å². The first-order valence-corrected chi connectivity index (χ1v) is 5.60. The van der Waals surface area contributed by atoms with E-state index in [-0.39, 0.29) is 5.56 Å². The summed E-state index contributed by atoms with van der Waals surface area (Å²) in [7, 11) is 0. The average molecular weight is 236 g/mol. The Morgan fingerprint density at radius 3 is 2.41 bits per heavy atom. The number of aliphatic carboxylic acids is 1. The van der Waals surface area contributed by atoms with Crippen LogP contribution in [0.5, 0.6) is 0 Å². The van der Waals surface area contributed by atoms with Crippen LogP contribution in [0.25, 0.3) is 0 Å². The summed E-state index contributed by atoms with van der Waals surface area (Å²) in [5.74, 6) is -2.08. The summed E-state index contributed by atoms with van der Waals surface area (Å²) in [4.78, 5) is 23.5. The van der Waals surface area contributed by atoms with Gasteiger partial charge in [0.25, 0.3) is 0 Å². The Morgan fingerprint density at radius 1 is 1.24 bits per heavy atom. The summed E-state index contributed by atoms with van der Waals surface area (Å²) >= 11 is 0. The normalized spacial score (nSPS) is 17.9. The van der Waals surface area contributed by atoms with Crippen molar-refractivity contribution in [1.29, 1.82) is 0 Å². The molecule has 17 heavy (non-hydrogen) atoms. The van der Waals surface area contributed by atoms with Gasteiger partial charge in [-0.15, -0.1) is 0 Å². The molecule has 0 atom stereocenters. The minimum absolute atomic E-state index is 0.148. The van der Waals surface area contributed by atoms with Crippen molar-refractivity contribution in [2.24, 2.45) is 5.41 Å². The van der Waals surface area contributed by atoms with Crippen LogP contribution in [0.15, 0.2) is 24.3 Å². The van der Waals surface area contributed by atoms with Gasteiger partial charge in [0.1, 0.15) is 11.2 Å². The van der Waals surface area contributed by atoms with Gasteiger partial charge in [0.05, 0.1) is 0 Å². The highest BCUT2D eigenvalue weighted by atomic mass is 19.1. The number of carbonyl (C=O) groups is 2. The van der Waals surface area contributed by atoms with Crippen LogP contribution in [0.3, 0.4) is 0 Å². The zero-order valence-corrected chi connectivity index (χ0v) is 9.28. The molecule has 0 bridgehead atoms. The number of benzene rings is 1. The molecule has 4 heteroatoms. The molecule has 1 saturated carbocycles. The fourth-order valence-electron chi connectivity index (χ4n) is 2.42. The summed E-state index contributed by atoms with van der Waals surface area (Å²) in [6, 6.07) is 5.23. The summed E-state index contributed by atoms with van der Waals surface area (Å²) in [5, 5.41) is 9.25. The lowest BCUT2D eigenvalue weighted by Crippen LogP contribution is -2.36. The standard InChI is InChI=1S/C13H13FO3/c14-10-5-3-4-9(8-10)11(15)13(12(16)17)6-1-2-7-13/h3-5,8H,1-2,6-7H2,(H,16,17). The van der Waals surface area contributed by atoms with Crippen molar-refractivity contribution >= 4 is 11.8 Å². The van der Waals surface area contributed by atoms with Crippen molar-refractivity contribution in [3.63, 3.8) is 0 Å². The molecule has 0 aliphatic heterocycles. The van der Waals surface area contributed by atoms with Crippen LogP contribution in [0.4, 0.5) is 4.39 Å². The van der Waals surface area contributed by atoms with Crippen LogP contribution in [0.2, 0.25) is 0 Å². The Hall–Kier alpha value is -1.71. The third-order valence-electron chi connectivity index (χ3n) is 3.39. The van der Waals surface area contributed by atoms with Gasteiger partial charge in [-0.25, -0.2) is 4.39 Å². The quantitative estimate of drug-likeness (QED) is 0.648. The number of carboxylic acids is 1. The van der Waals surface area contributed by atoms with Crippen molar-refractivity contribution in [3.05, 3.63) is 35.6 Å². The molecular formula is C13H13FO3. The third kappa shape index (κ3) is 1.95. The molecule has 90 valence electrons. The van der Waals surface area contributed by atoms with E-state index in [9.17, 15) is 19.1 Å². The lowest BCUT2D eigenvalue weighted by atomic mass is 9.79. The number of carbonyl (C=O) groups excluding carboxylic acids is 1. The van der Waals surface area contributed by atoms with E-state index in [0.29, 0.717) is 12.8 Å². The van der Waals surface area contributed by atoms with Gasteiger partial charge in [-0.2, -0.15) is 0 Å². The molecule has 1 N–H and O–H groups in total. The van der Waals surface area contributed by atoms with Crippen LogP contribution in [-0.4, -0.2) is 16.9 Å². The molecule has 0 aromatic heterocycles. The second kappa shape index (κ2) is 4.28. The van der Waals surface area contributed by atoms with Crippen molar-refractivity contribution in [2.45, 2.75) is 25.7 Å². The van der Waals surface area contributed by atoms with Gasteiger partial charge in [-0.1, -0.05) is 25.0 Å². The molecule has 1 aromatic rings. The largest absolute Gasteiger partial charge is 0.480 e. The number of hydrogen-bond donors (Lipinski definition) is 1. The second-order valence-electron chi connectivity index (χ2n) is 4.43. The van der Waals surface area contributed by atoms with Crippen molar-refractivity contribution in [1.82, 2.24) is 0 Å². The fourth-order valence-corrected chi connectivity index (χ4v) is 2.42. The maximum atomic E-state index is 13.0. The zero-order chi connectivity index (χ0) is 12.5. The van der Waals surface area contributed by atoms with Gasteiger partial charge in [-0.05, 0) is 25.0 Å². The van der Waals surface area contributed by atoms with Crippen molar-refractivity contribution in [3.8, 4) is 0 Å². The average Bonchev–Trinajstić information content (AvgIpc) is 2.78. The molecule has 0 unspecified atom stereocenters. The first-order chi connectivity index (χ1) is 8.06. The van der Waals surface area contributed by atoms with E-state index in [4.69, 9.17) is 0 Å². The van der Waals surface area contributed by atoms with Gasteiger partial charge in [0, 0.05) is 5.56 Å². The van der Waals surface area contributed by atoms with E-state index >= 15 is 0 Å². The molecule has 0 saturated heterocycles. The van der Waals surface area contributed by atoms with Gasteiger partial charge < -0.3 is 5.11 Å².